The van der Waals surface area contributed by atoms with Crippen molar-refractivity contribution in [3.05, 3.63) is 66.7 Å². The fraction of sp³-hybridized carbons (Fsp3) is 0.118. The summed E-state index contributed by atoms with van der Waals surface area (Å²) in [6.45, 7) is 2.05. The molecule has 0 saturated carbocycles. The Balaban J connectivity index is 1.73. The zero-order valence-electron chi connectivity index (χ0n) is 11.7. The van der Waals surface area contributed by atoms with Gasteiger partial charge in [0.15, 0.2) is 12.2 Å². The number of nitrogens with zero attached hydrogens (tertiary/aromatic N) is 1. The Morgan fingerprint density at radius 1 is 1.14 bits per heavy atom. The summed E-state index contributed by atoms with van der Waals surface area (Å²) in [4.78, 5) is 3.91. The van der Waals surface area contributed by atoms with Crippen molar-refractivity contribution in [3.8, 4) is 17.1 Å². The fourth-order valence-electron chi connectivity index (χ4n) is 2.22. The lowest BCUT2D eigenvalue weighted by Gasteiger charge is -2.16. The van der Waals surface area contributed by atoms with E-state index in [0.717, 1.165) is 22.6 Å². The predicted octanol–water partition coefficient (Wildman–Crippen LogP) is 4.22. The molecular weight excluding hydrogens is 264 g/mol. The summed E-state index contributed by atoms with van der Waals surface area (Å²) in [7, 11) is 0. The molecule has 0 aliphatic carbocycles. The number of phenolic OH excluding ortho intramolecular Hbond substituents is 1. The minimum atomic E-state index is 0.105. The first-order chi connectivity index (χ1) is 10.2. The topological polar surface area (TPSA) is 58.3 Å². The minimum Gasteiger partial charge on any atom is -0.508 e. The van der Waals surface area contributed by atoms with E-state index in [1.165, 1.54) is 6.39 Å². The third kappa shape index (κ3) is 3.05. The van der Waals surface area contributed by atoms with Gasteiger partial charge in [-0.3, -0.25) is 0 Å². The average molecular weight is 280 g/mol. The molecule has 106 valence electrons. The van der Waals surface area contributed by atoms with Crippen LogP contribution in [-0.4, -0.2) is 10.1 Å². The molecule has 1 aromatic heterocycles. The molecule has 1 atom stereocenters. The first kappa shape index (κ1) is 13.2. The Labute approximate surface area is 123 Å². The van der Waals surface area contributed by atoms with E-state index >= 15 is 0 Å². The Bertz CT molecular complexity index is 706. The van der Waals surface area contributed by atoms with E-state index in [2.05, 4.69) is 17.2 Å². The van der Waals surface area contributed by atoms with Crippen LogP contribution in [0.15, 0.2) is 65.5 Å². The number of hydrogen-bond donors (Lipinski definition) is 2. The number of aromatic nitrogens is 1. The van der Waals surface area contributed by atoms with E-state index in [1.54, 1.807) is 18.3 Å². The number of benzene rings is 2. The van der Waals surface area contributed by atoms with E-state index < -0.39 is 0 Å². The van der Waals surface area contributed by atoms with Gasteiger partial charge in [-0.2, -0.15) is 0 Å². The van der Waals surface area contributed by atoms with Crippen molar-refractivity contribution in [2.45, 2.75) is 13.0 Å². The molecule has 1 heterocycles. The third-order valence-electron chi connectivity index (χ3n) is 3.36. The number of oxazole rings is 1. The number of hydrogen-bond acceptors (Lipinski definition) is 4. The van der Waals surface area contributed by atoms with E-state index in [4.69, 9.17) is 4.42 Å². The van der Waals surface area contributed by atoms with Crippen LogP contribution in [0.3, 0.4) is 0 Å². The molecule has 0 amide bonds. The van der Waals surface area contributed by atoms with Gasteiger partial charge in [-0.15, -0.1) is 0 Å². The van der Waals surface area contributed by atoms with Crippen LogP contribution >= 0.6 is 0 Å². The van der Waals surface area contributed by atoms with Gasteiger partial charge in [0.25, 0.3) is 0 Å². The second-order valence-electron chi connectivity index (χ2n) is 4.90. The minimum absolute atomic E-state index is 0.105. The standard InChI is InChI=1S/C17H16N2O2/c1-12(14-3-2-4-16(20)9-14)19-15-7-5-13(6-8-15)17-10-18-11-21-17/h2-12,19-20H,1H3. The summed E-state index contributed by atoms with van der Waals surface area (Å²) >= 11 is 0. The maximum Gasteiger partial charge on any atom is 0.181 e. The van der Waals surface area contributed by atoms with Gasteiger partial charge < -0.3 is 14.8 Å². The number of rotatable bonds is 4. The van der Waals surface area contributed by atoms with Crippen LogP contribution in [0.2, 0.25) is 0 Å². The summed E-state index contributed by atoms with van der Waals surface area (Å²) in [5.74, 6) is 1.03. The van der Waals surface area contributed by atoms with E-state index in [0.29, 0.717) is 0 Å². The van der Waals surface area contributed by atoms with Crippen molar-refractivity contribution in [3.63, 3.8) is 0 Å². The molecule has 0 bridgehead atoms. The summed E-state index contributed by atoms with van der Waals surface area (Å²) in [6, 6.07) is 15.3. The van der Waals surface area contributed by atoms with Crippen LogP contribution in [0, 0.1) is 0 Å². The Kier molecular flexibility index (Phi) is 3.60. The van der Waals surface area contributed by atoms with Crippen molar-refractivity contribution >= 4 is 5.69 Å². The lowest BCUT2D eigenvalue weighted by molar-refractivity contribution is 0.474. The number of phenols is 1. The number of nitrogens with one attached hydrogen (secondary N) is 1. The van der Waals surface area contributed by atoms with Crippen LogP contribution < -0.4 is 5.32 Å². The van der Waals surface area contributed by atoms with Crippen molar-refractivity contribution < 1.29 is 9.52 Å². The molecule has 4 heteroatoms. The summed E-state index contributed by atoms with van der Waals surface area (Å²) in [5.41, 5.74) is 3.03. The van der Waals surface area contributed by atoms with Crippen LogP contribution in [0.4, 0.5) is 5.69 Å². The number of anilines is 1. The van der Waals surface area contributed by atoms with Crippen LogP contribution in [0.5, 0.6) is 5.75 Å². The van der Waals surface area contributed by atoms with Gasteiger partial charge in [-0.25, -0.2) is 4.98 Å². The van der Waals surface area contributed by atoms with E-state index in [9.17, 15) is 5.11 Å². The lowest BCUT2D eigenvalue weighted by atomic mass is 10.1. The molecule has 3 aromatic rings. The molecule has 2 N–H and O–H groups in total. The fourth-order valence-corrected chi connectivity index (χ4v) is 2.22. The van der Waals surface area contributed by atoms with Gasteiger partial charge in [0.05, 0.1) is 6.20 Å². The molecule has 0 radical (unpaired) electrons. The van der Waals surface area contributed by atoms with Gasteiger partial charge in [0.2, 0.25) is 0 Å². The van der Waals surface area contributed by atoms with E-state index in [1.807, 2.05) is 36.4 Å². The first-order valence-electron chi connectivity index (χ1n) is 6.77. The molecule has 1 unspecified atom stereocenters. The van der Waals surface area contributed by atoms with Crippen molar-refractivity contribution in [1.29, 1.82) is 0 Å². The molecule has 4 nitrogen and oxygen atoms in total. The van der Waals surface area contributed by atoms with Gasteiger partial charge >= 0.3 is 0 Å². The smallest absolute Gasteiger partial charge is 0.181 e. The molecule has 3 rings (SSSR count). The average Bonchev–Trinajstić information content (AvgIpc) is 3.02. The second-order valence-corrected chi connectivity index (χ2v) is 4.90. The second kappa shape index (κ2) is 5.71. The van der Waals surface area contributed by atoms with Gasteiger partial charge in [0.1, 0.15) is 5.75 Å². The predicted molar refractivity (Wildman–Crippen MR) is 82.1 cm³/mol. The van der Waals surface area contributed by atoms with Crippen LogP contribution in [0.1, 0.15) is 18.5 Å². The van der Waals surface area contributed by atoms with Gasteiger partial charge in [-0.05, 0) is 48.9 Å². The lowest BCUT2D eigenvalue weighted by Crippen LogP contribution is -2.06. The van der Waals surface area contributed by atoms with Crippen molar-refractivity contribution in [2.75, 3.05) is 5.32 Å². The highest BCUT2D eigenvalue weighted by Crippen LogP contribution is 2.25. The Morgan fingerprint density at radius 3 is 2.62 bits per heavy atom. The summed E-state index contributed by atoms with van der Waals surface area (Å²) in [5, 5.41) is 12.9. The third-order valence-corrected chi connectivity index (χ3v) is 3.36. The largest absolute Gasteiger partial charge is 0.508 e. The van der Waals surface area contributed by atoms with Crippen LogP contribution in [-0.2, 0) is 0 Å². The maximum absolute atomic E-state index is 9.53. The Hall–Kier alpha value is -2.75. The molecule has 0 aliphatic rings. The highest BCUT2D eigenvalue weighted by Gasteiger charge is 2.07. The first-order valence-corrected chi connectivity index (χ1v) is 6.77. The molecule has 0 fully saturated rings. The van der Waals surface area contributed by atoms with E-state index in [-0.39, 0.29) is 11.8 Å². The molecule has 0 spiro atoms. The summed E-state index contributed by atoms with van der Waals surface area (Å²) in [6.07, 6.45) is 3.11. The van der Waals surface area contributed by atoms with Crippen LogP contribution in [0.25, 0.3) is 11.3 Å². The zero-order valence-corrected chi connectivity index (χ0v) is 11.7. The monoisotopic (exact) mass is 280 g/mol. The molecule has 2 aromatic carbocycles. The molecule has 0 saturated heterocycles. The quantitative estimate of drug-likeness (QED) is 0.751. The molecule has 21 heavy (non-hydrogen) atoms. The molecule has 0 aliphatic heterocycles. The maximum atomic E-state index is 9.53. The zero-order chi connectivity index (χ0) is 14.7. The van der Waals surface area contributed by atoms with Gasteiger partial charge in [-0.1, -0.05) is 12.1 Å². The highest BCUT2D eigenvalue weighted by molar-refractivity contribution is 5.60. The summed E-state index contributed by atoms with van der Waals surface area (Å²) < 4.78 is 5.26. The Morgan fingerprint density at radius 2 is 1.95 bits per heavy atom. The normalized spacial score (nSPS) is 12.0. The van der Waals surface area contributed by atoms with Gasteiger partial charge in [0, 0.05) is 17.3 Å². The van der Waals surface area contributed by atoms with Crippen molar-refractivity contribution in [2.24, 2.45) is 0 Å². The molecular formula is C17H16N2O2. The van der Waals surface area contributed by atoms with Crippen molar-refractivity contribution in [1.82, 2.24) is 4.98 Å². The SMILES string of the molecule is CC(Nc1ccc(-c2cnco2)cc1)c1cccc(O)c1. The number of aromatic hydroxyl groups is 1. The highest BCUT2D eigenvalue weighted by atomic mass is 16.3.